The summed E-state index contributed by atoms with van der Waals surface area (Å²) in [5.74, 6) is 0.167. The maximum atomic E-state index is 11.8. The molecule has 1 aliphatic heterocycles. The first-order chi connectivity index (χ1) is 9.72. The largest absolute Gasteiger partial charge is 0.338 e. The van der Waals surface area contributed by atoms with Crippen LogP contribution in [0.2, 0.25) is 0 Å². The number of rotatable bonds is 4. The first kappa shape index (κ1) is 13.0. The number of carbonyl (C=O) groups excluding carboxylic acids is 2. The molecule has 1 aliphatic carbocycles. The normalized spacial score (nSPS) is 21.9. The summed E-state index contributed by atoms with van der Waals surface area (Å²) >= 11 is 0. The molecule has 1 saturated heterocycles. The summed E-state index contributed by atoms with van der Waals surface area (Å²) in [5, 5.41) is 5.70. The van der Waals surface area contributed by atoms with Crippen LogP contribution in [0.4, 0.5) is 4.79 Å². The second-order valence-corrected chi connectivity index (χ2v) is 5.49. The highest BCUT2D eigenvalue weighted by Crippen LogP contribution is 2.30. The standard InChI is InChI=1S/C15H19N3O2/c19-14-8-12(10-18(14)13-6-7-13)17-15(20)16-9-11-4-2-1-3-5-11/h1-5,12-13H,6-10H2,(H2,16,17,20). The Kier molecular flexibility index (Phi) is 3.58. The van der Waals surface area contributed by atoms with E-state index in [-0.39, 0.29) is 18.0 Å². The van der Waals surface area contributed by atoms with Crippen LogP contribution in [0.5, 0.6) is 0 Å². The van der Waals surface area contributed by atoms with Crippen molar-refractivity contribution >= 4 is 11.9 Å². The Hall–Kier alpha value is -2.04. The Bertz CT molecular complexity index is 499. The fourth-order valence-electron chi connectivity index (χ4n) is 2.58. The third kappa shape index (κ3) is 3.10. The van der Waals surface area contributed by atoms with Gasteiger partial charge in [-0.3, -0.25) is 4.79 Å². The summed E-state index contributed by atoms with van der Waals surface area (Å²) in [6, 6.07) is 9.93. The number of benzene rings is 1. The van der Waals surface area contributed by atoms with E-state index >= 15 is 0 Å². The van der Waals surface area contributed by atoms with Crippen LogP contribution in [0.25, 0.3) is 0 Å². The van der Waals surface area contributed by atoms with E-state index in [0.717, 1.165) is 18.4 Å². The number of likely N-dealkylation sites (tertiary alicyclic amines) is 1. The molecule has 1 heterocycles. The van der Waals surface area contributed by atoms with Crippen LogP contribution >= 0.6 is 0 Å². The van der Waals surface area contributed by atoms with Crippen molar-refractivity contribution in [3.63, 3.8) is 0 Å². The van der Waals surface area contributed by atoms with Gasteiger partial charge in [0.25, 0.3) is 0 Å². The average Bonchev–Trinajstić information content (AvgIpc) is 3.22. The summed E-state index contributed by atoms with van der Waals surface area (Å²) in [7, 11) is 0. The lowest BCUT2D eigenvalue weighted by Crippen LogP contribution is -2.43. The summed E-state index contributed by atoms with van der Waals surface area (Å²) in [6.07, 6.45) is 2.65. The van der Waals surface area contributed by atoms with E-state index in [4.69, 9.17) is 0 Å². The highest BCUT2D eigenvalue weighted by molar-refractivity contribution is 5.82. The van der Waals surface area contributed by atoms with Crippen molar-refractivity contribution in [2.75, 3.05) is 6.54 Å². The minimum Gasteiger partial charge on any atom is -0.338 e. The van der Waals surface area contributed by atoms with Crippen LogP contribution in [0.15, 0.2) is 30.3 Å². The molecule has 20 heavy (non-hydrogen) atoms. The van der Waals surface area contributed by atoms with Gasteiger partial charge in [0.15, 0.2) is 0 Å². The van der Waals surface area contributed by atoms with Gasteiger partial charge in [0.2, 0.25) is 5.91 Å². The van der Waals surface area contributed by atoms with Gasteiger partial charge in [-0.1, -0.05) is 30.3 Å². The summed E-state index contributed by atoms with van der Waals surface area (Å²) in [6.45, 7) is 1.15. The van der Waals surface area contributed by atoms with Gasteiger partial charge in [0.1, 0.15) is 0 Å². The van der Waals surface area contributed by atoms with Crippen LogP contribution in [-0.4, -0.2) is 35.5 Å². The van der Waals surface area contributed by atoms with Gasteiger partial charge in [0.05, 0.1) is 6.04 Å². The average molecular weight is 273 g/mol. The van der Waals surface area contributed by atoms with Crippen molar-refractivity contribution in [3.05, 3.63) is 35.9 Å². The number of hydrogen-bond donors (Lipinski definition) is 2. The van der Waals surface area contributed by atoms with Crippen molar-refractivity contribution < 1.29 is 9.59 Å². The first-order valence-electron chi connectivity index (χ1n) is 7.10. The number of carbonyl (C=O) groups is 2. The zero-order valence-corrected chi connectivity index (χ0v) is 11.3. The quantitative estimate of drug-likeness (QED) is 0.867. The molecule has 5 nitrogen and oxygen atoms in total. The van der Waals surface area contributed by atoms with Gasteiger partial charge in [-0.25, -0.2) is 4.79 Å². The summed E-state index contributed by atoms with van der Waals surface area (Å²) in [5.41, 5.74) is 1.06. The zero-order valence-electron chi connectivity index (χ0n) is 11.3. The van der Waals surface area contributed by atoms with Crippen molar-refractivity contribution in [1.29, 1.82) is 0 Å². The highest BCUT2D eigenvalue weighted by Gasteiger charge is 2.39. The van der Waals surface area contributed by atoms with Gasteiger partial charge in [0, 0.05) is 25.6 Å². The lowest BCUT2D eigenvalue weighted by molar-refractivity contribution is -0.128. The Morgan fingerprint density at radius 1 is 1.25 bits per heavy atom. The van der Waals surface area contributed by atoms with Gasteiger partial charge in [-0.2, -0.15) is 0 Å². The third-order valence-corrected chi connectivity index (χ3v) is 3.78. The lowest BCUT2D eigenvalue weighted by atomic mass is 10.2. The molecule has 3 rings (SSSR count). The molecule has 1 atom stereocenters. The maximum Gasteiger partial charge on any atom is 0.315 e. The second-order valence-electron chi connectivity index (χ2n) is 5.49. The zero-order chi connectivity index (χ0) is 13.9. The summed E-state index contributed by atoms with van der Waals surface area (Å²) in [4.78, 5) is 25.5. The molecular formula is C15H19N3O2. The Labute approximate surface area is 118 Å². The molecule has 106 valence electrons. The van der Waals surface area contributed by atoms with Crippen LogP contribution in [0.3, 0.4) is 0 Å². The topological polar surface area (TPSA) is 61.4 Å². The predicted octanol–water partition coefficient (Wildman–Crippen LogP) is 1.25. The molecule has 2 aliphatic rings. The molecule has 5 heteroatoms. The van der Waals surface area contributed by atoms with Gasteiger partial charge in [-0.15, -0.1) is 0 Å². The molecule has 0 spiro atoms. The van der Waals surface area contributed by atoms with E-state index in [1.165, 1.54) is 0 Å². The molecule has 0 aromatic heterocycles. The van der Waals surface area contributed by atoms with Crippen molar-refractivity contribution in [2.45, 2.75) is 37.9 Å². The Morgan fingerprint density at radius 2 is 2.00 bits per heavy atom. The number of hydrogen-bond acceptors (Lipinski definition) is 2. The highest BCUT2D eigenvalue weighted by atomic mass is 16.2. The SMILES string of the molecule is O=C(NCc1ccccc1)NC1CC(=O)N(C2CC2)C1. The molecule has 0 bridgehead atoms. The van der Waals surface area contributed by atoms with E-state index in [0.29, 0.717) is 25.6 Å². The minimum atomic E-state index is -0.204. The van der Waals surface area contributed by atoms with Crippen LogP contribution < -0.4 is 10.6 Å². The predicted molar refractivity (Wildman–Crippen MR) is 75.0 cm³/mol. The van der Waals surface area contributed by atoms with Crippen LogP contribution in [0.1, 0.15) is 24.8 Å². The van der Waals surface area contributed by atoms with Crippen molar-refractivity contribution in [3.8, 4) is 0 Å². The number of nitrogens with one attached hydrogen (secondary N) is 2. The molecule has 1 unspecified atom stereocenters. The molecule has 1 aromatic rings. The number of nitrogens with zero attached hydrogens (tertiary/aromatic N) is 1. The second kappa shape index (κ2) is 5.53. The van der Waals surface area contributed by atoms with Crippen LogP contribution in [-0.2, 0) is 11.3 Å². The Balaban J connectivity index is 1.44. The molecule has 3 amide bonds. The van der Waals surface area contributed by atoms with Gasteiger partial charge in [-0.05, 0) is 18.4 Å². The van der Waals surface area contributed by atoms with E-state index in [1.807, 2.05) is 35.2 Å². The van der Waals surface area contributed by atoms with E-state index in [9.17, 15) is 9.59 Å². The fraction of sp³-hybridized carbons (Fsp3) is 0.467. The smallest absolute Gasteiger partial charge is 0.315 e. The van der Waals surface area contributed by atoms with E-state index in [1.54, 1.807) is 0 Å². The number of urea groups is 1. The van der Waals surface area contributed by atoms with Gasteiger partial charge < -0.3 is 15.5 Å². The molecule has 1 saturated carbocycles. The summed E-state index contributed by atoms with van der Waals surface area (Å²) < 4.78 is 0. The molecule has 1 aromatic carbocycles. The molecular weight excluding hydrogens is 254 g/mol. The molecule has 0 radical (unpaired) electrons. The molecule has 2 fully saturated rings. The number of amides is 3. The molecule has 2 N–H and O–H groups in total. The van der Waals surface area contributed by atoms with E-state index < -0.39 is 0 Å². The fourth-order valence-corrected chi connectivity index (χ4v) is 2.58. The van der Waals surface area contributed by atoms with Gasteiger partial charge >= 0.3 is 6.03 Å². The van der Waals surface area contributed by atoms with Crippen molar-refractivity contribution in [2.24, 2.45) is 0 Å². The van der Waals surface area contributed by atoms with Crippen LogP contribution in [0, 0.1) is 0 Å². The Morgan fingerprint density at radius 3 is 2.70 bits per heavy atom. The maximum absolute atomic E-state index is 11.8. The monoisotopic (exact) mass is 273 g/mol. The first-order valence-corrected chi connectivity index (χ1v) is 7.10. The third-order valence-electron chi connectivity index (χ3n) is 3.78. The lowest BCUT2D eigenvalue weighted by Gasteiger charge is -2.16. The van der Waals surface area contributed by atoms with E-state index in [2.05, 4.69) is 10.6 Å². The van der Waals surface area contributed by atoms with Crippen molar-refractivity contribution in [1.82, 2.24) is 15.5 Å². The minimum absolute atomic E-state index is 0.0566.